The molecule has 1 rings (SSSR count). The first-order chi connectivity index (χ1) is 6.13. The molecule has 0 saturated heterocycles. The number of amides is 1. The van der Waals surface area contributed by atoms with Gasteiger partial charge in [0.1, 0.15) is 5.01 Å². The molecule has 1 atom stereocenters. The van der Waals surface area contributed by atoms with Gasteiger partial charge >= 0.3 is 0 Å². The lowest BCUT2D eigenvalue weighted by atomic mass is 10.4. The van der Waals surface area contributed by atoms with Crippen molar-refractivity contribution in [3.63, 3.8) is 0 Å². The fraction of sp³-hybridized carbons (Fsp3) is 0.571. The average Bonchev–Trinajstić information content (AvgIpc) is 2.49. The Morgan fingerprint density at radius 1 is 1.62 bits per heavy atom. The monoisotopic (exact) mass is 217 g/mol. The molecule has 0 aliphatic rings. The van der Waals surface area contributed by atoms with E-state index >= 15 is 0 Å². The fourth-order valence-electron chi connectivity index (χ4n) is 0.661. The van der Waals surface area contributed by atoms with Crippen molar-refractivity contribution in [1.29, 1.82) is 0 Å². The molecule has 4 nitrogen and oxygen atoms in total. The van der Waals surface area contributed by atoms with Crippen LogP contribution in [-0.4, -0.2) is 27.6 Å². The Kier molecular flexibility index (Phi) is 3.68. The molecule has 1 amide bonds. The van der Waals surface area contributed by atoms with Crippen molar-refractivity contribution in [3.05, 3.63) is 5.01 Å². The van der Waals surface area contributed by atoms with Gasteiger partial charge in [-0.3, -0.25) is 10.1 Å². The normalized spacial score (nSPS) is 12.5. The molecule has 13 heavy (non-hydrogen) atoms. The lowest BCUT2D eigenvalue weighted by Crippen LogP contribution is -2.21. The van der Waals surface area contributed by atoms with E-state index in [1.807, 2.05) is 20.1 Å². The maximum absolute atomic E-state index is 11.4. The molecule has 0 spiro atoms. The lowest BCUT2D eigenvalue weighted by Gasteiger charge is -2.05. The molecular weight excluding hydrogens is 206 g/mol. The van der Waals surface area contributed by atoms with Crippen LogP contribution in [0.15, 0.2) is 0 Å². The number of nitrogens with zero attached hydrogens (tertiary/aromatic N) is 2. The zero-order valence-corrected chi connectivity index (χ0v) is 9.33. The summed E-state index contributed by atoms with van der Waals surface area (Å²) >= 11 is 2.88. The second-order valence-corrected chi connectivity index (χ2v) is 4.85. The van der Waals surface area contributed by atoms with Crippen molar-refractivity contribution in [2.24, 2.45) is 0 Å². The van der Waals surface area contributed by atoms with Gasteiger partial charge in [0.15, 0.2) is 0 Å². The molecule has 0 bridgehead atoms. The molecule has 0 aromatic carbocycles. The van der Waals surface area contributed by atoms with Crippen molar-refractivity contribution in [2.45, 2.75) is 19.1 Å². The quantitative estimate of drug-likeness (QED) is 0.834. The number of aromatic nitrogens is 2. The first-order valence-corrected chi connectivity index (χ1v) is 5.87. The van der Waals surface area contributed by atoms with Gasteiger partial charge in [-0.15, -0.1) is 10.2 Å². The summed E-state index contributed by atoms with van der Waals surface area (Å²) in [4.78, 5) is 11.4. The van der Waals surface area contributed by atoms with Crippen LogP contribution in [0.3, 0.4) is 0 Å². The molecule has 0 aliphatic carbocycles. The lowest BCUT2D eigenvalue weighted by molar-refractivity contribution is -0.115. The van der Waals surface area contributed by atoms with Crippen molar-refractivity contribution < 1.29 is 4.79 Å². The molecule has 1 aromatic heterocycles. The van der Waals surface area contributed by atoms with E-state index in [-0.39, 0.29) is 11.2 Å². The Labute approximate surface area is 85.1 Å². The maximum atomic E-state index is 11.4. The second kappa shape index (κ2) is 4.57. The summed E-state index contributed by atoms with van der Waals surface area (Å²) in [6, 6.07) is 0. The SMILES string of the molecule is CSC(C)C(=O)Nc1nnc(C)s1. The van der Waals surface area contributed by atoms with Gasteiger partial charge < -0.3 is 0 Å². The molecule has 0 fully saturated rings. The van der Waals surface area contributed by atoms with Crippen LogP contribution in [0.25, 0.3) is 0 Å². The number of hydrogen-bond acceptors (Lipinski definition) is 5. The van der Waals surface area contributed by atoms with Crippen molar-refractivity contribution in [1.82, 2.24) is 10.2 Å². The molecule has 0 radical (unpaired) electrons. The summed E-state index contributed by atoms with van der Waals surface area (Å²) in [5.74, 6) is -0.0244. The number of rotatable bonds is 3. The molecule has 1 unspecified atom stereocenters. The van der Waals surface area contributed by atoms with E-state index < -0.39 is 0 Å². The molecule has 0 aliphatic heterocycles. The maximum Gasteiger partial charge on any atom is 0.239 e. The summed E-state index contributed by atoms with van der Waals surface area (Å²) in [6.45, 7) is 3.71. The smallest absolute Gasteiger partial charge is 0.239 e. The number of hydrogen-bond donors (Lipinski definition) is 1. The van der Waals surface area contributed by atoms with E-state index in [9.17, 15) is 4.79 Å². The second-order valence-electron chi connectivity index (χ2n) is 2.49. The first-order valence-electron chi connectivity index (χ1n) is 3.77. The van der Waals surface area contributed by atoms with Gasteiger partial charge in [-0.05, 0) is 20.1 Å². The Morgan fingerprint density at radius 3 is 2.77 bits per heavy atom. The van der Waals surface area contributed by atoms with Crippen LogP contribution >= 0.6 is 23.1 Å². The third-order valence-corrected chi connectivity index (χ3v) is 3.15. The van der Waals surface area contributed by atoms with Gasteiger partial charge in [-0.1, -0.05) is 11.3 Å². The van der Waals surface area contributed by atoms with E-state index in [4.69, 9.17) is 0 Å². The molecule has 0 saturated carbocycles. The Morgan fingerprint density at radius 2 is 2.31 bits per heavy atom. The summed E-state index contributed by atoms with van der Waals surface area (Å²) < 4.78 is 0. The minimum Gasteiger partial charge on any atom is -0.300 e. The van der Waals surface area contributed by atoms with E-state index in [1.165, 1.54) is 23.1 Å². The predicted molar refractivity (Wildman–Crippen MR) is 56.3 cm³/mol. The largest absolute Gasteiger partial charge is 0.300 e. The van der Waals surface area contributed by atoms with Crippen molar-refractivity contribution >= 4 is 34.1 Å². The summed E-state index contributed by atoms with van der Waals surface area (Å²) in [5, 5.41) is 11.7. The highest BCUT2D eigenvalue weighted by molar-refractivity contribution is 7.99. The van der Waals surface area contributed by atoms with Crippen molar-refractivity contribution in [3.8, 4) is 0 Å². The average molecular weight is 217 g/mol. The summed E-state index contributed by atoms with van der Waals surface area (Å²) in [5.41, 5.74) is 0. The number of anilines is 1. The molecular formula is C7H11N3OS2. The standard InChI is InChI=1S/C7H11N3OS2/c1-4(12-3)6(11)8-7-10-9-5(2)13-7/h4H,1-3H3,(H,8,10,11). The summed E-state index contributed by atoms with van der Waals surface area (Å²) in [7, 11) is 0. The molecule has 1 heterocycles. The third-order valence-electron chi connectivity index (χ3n) is 1.48. The molecule has 1 aromatic rings. The van der Waals surface area contributed by atoms with Crippen LogP contribution in [0.1, 0.15) is 11.9 Å². The van der Waals surface area contributed by atoms with Gasteiger partial charge in [0.05, 0.1) is 5.25 Å². The molecule has 6 heteroatoms. The highest BCUT2D eigenvalue weighted by atomic mass is 32.2. The van der Waals surface area contributed by atoms with E-state index in [1.54, 1.807) is 0 Å². The number of carbonyl (C=O) groups excluding carboxylic acids is 1. The van der Waals surface area contributed by atoms with Crippen LogP contribution < -0.4 is 5.32 Å². The minimum absolute atomic E-state index is 0.0244. The van der Waals surface area contributed by atoms with Gasteiger partial charge in [0.25, 0.3) is 0 Å². The Bertz CT molecular complexity index is 300. The van der Waals surface area contributed by atoms with Gasteiger partial charge in [0, 0.05) is 0 Å². The van der Waals surface area contributed by atoms with Crippen LogP contribution in [0, 0.1) is 6.92 Å². The zero-order chi connectivity index (χ0) is 9.84. The van der Waals surface area contributed by atoms with Gasteiger partial charge in [-0.2, -0.15) is 11.8 Å². The number of carbonyl (C=O) groups is 1. The Balaban J connectivity index is 2.54. The summed E-state index contributed by atoms with van der Waals surface area (Å²) in [6.07, 6.45) is 1.90. The van der Waals surface area contributed by atoms with Crippen LogP contribution in [0.5, 0.6) is 0 Å². The van der Waals surface area contributed by atoms with Gasteiger partial charge in [-0.25, -0.2) is 0 Å². The van der Waals surface area contributed by atoms with Crippen LogP contribution in [0.4, 0.5) is 5.13 Å². The fourth-order valence-corrected chi connectivity index (χ4v) is 1.53. The van der Waals surface area contributed by atoms with E-state index in [2.05, 4.69) is 15.5 Å². The number of thioether (sulfide) groups is 1. The third kappa shape index (κ3) is 2.96. The van der Waals surface area contributed by atoms with E-state index in [0.717, 1.165) is 5.01 Å². The van der Waals surface area contributed by atoms with Gasteiger partial charge in [0.2, 0.25) is 11.0 Å². The zero-order valence-electron chi connectivity index (χ0n) is 7.70. The Hall–Kier alpha value is -0.620. The molecule has 72 valence electrons. The predicted octanol–water partition coefficient (Wildman–Crippen LogP) is 1.54. The van der Waals surface area contributed by atoms with Crippen LogP contribution in [0.2, 0.25) is 0 Å². The first kappa shape index (κ1) is 10.5. The number of nitrogens with one attached hydrogen (secondary N) is 1. The topological polar surface area (TPSA) is 54.9 Å². The van der Waals surface area contributed by atoms with Crippen molar-refractivity contribution in [2.75, 3.05) is 11.6 Å². The molecule has 1 N–H and O–H groups in total. The van der Waals surface area contributed by atoms with E-state index in [0.29, 0.717) is 5.13 Å². The minimum atomic E-state index is -0.0517. The highest BCUT2D eigenvalue weighted by Gasteiger charge is 2.12. The van der Waals surface area contributed by atoms with Crippen LogP contribution in [-0.2, 0) is 4.79 Å². The highest BCUT2D eigenvalue weighted by Crippen LogP contribution is 2.15. The number of aryl methyl sites for hydroxylation is 1.